The molecule has 0 aliphatic carbocycles. The number of nitrogens with one attached hydrogen (secondary N) is 2. The van der Waals surface area contributed by atoms with Gasteiger partial charge in [-0.2, -0.15) is 0 Å². The van der Waals surface area contributed by atoms with Gasteiger partial charge >= 0.3 is 0 Å². The van der Waals surface area contributed by atoms with Gasteiger partial charge in [0.1, 0.15) is 5.75 Å². The Labute approximate surface area is 175 Å². The van der Waals surface area contributed by atoms with Crippen LogP contribution < -0.4 is 10.1 Å². The smallest absolute Gasteiger partial charge is 0.139 e. The topological polar surface area (TPSA) is 37.0 Å². The van der Waals surface area contributed by atoms with Crippen LogP contribution >= 0.6 is 35.6 Å². The molecule has 0 unspecified atom stereocenters. The zero-order valence-corrected chi connectivity index (χ0v) is 17.3. The predicted molar refractivity (Wildman–Crippen MR) is 116 cm³/mol. The number of ether oxygens (including phenoxy) is 1. The van der Waals surface area contributed by atoms with Crippen LogP contribution in [0.3, 0.4) is 0 Å². The van der Waals surface area contributed by atoms with Crippen molar-refractivity contribution in [3.63, 3.8) is 0 Å². The molecular formula is C21H23Cl3N2O. The number of fused-ring (bicyclic) bond motifs is 3. The SMILES string of the molecule is Cl.Clc1ccc(Cl)c(OCCCc2cccc3[nH]c4c(c23)CCNCC4)c1. The van der Waals surface area contributed by atoms with Gasteiger partial charge in [-0.15, -0.1) is 12.4 Å². The molecular weight excluding hydrogens is 403 g/mol. The van der Waals surface area contributed by atoms with Crippen molar-refractivity contribution in [2.24, 2.45) is 0 Å². The summed E-state index contributed by atoms with van der Waals surface area (Å²) in [6.45, 7) is 2.71. The fourth-order valence-electron chi connectivity index (χ4n) is 3.73. The first-order chi connectivity index (χ1) is 12.7. The van der Waals surface area contributed by atoms with E-state index >= 15 is 0 Å². The molecule has 2 N–H and O–H groups in total. The summed E-state index contributed by atoms with van der Waals surface area (Å²) in [6.07, 6.45) is 4.06. The van der Waals surface area contributed by atoms with Gasteiger partial charge in [-0.05, 0) is 55.1 Å². The fraction of sp³-hybridized carbons (Fsp3) is 0.333. The quantitative estimate of drug-likeness (QED) is 0.522. The second-order valence-electron chi connectivity index (χ2n) is 6.70. The maximum absolute atomic E-state index is 6.16. The Morgan fingerprint density at radius 3 is 2.78 bits per heavy atom. The van der Waals surface area contributed by atoms with E-state index in [0.29, 0.717) is 22.4 Å². The normalized spacial score (nSPS) is 13.7. The molecule has 1 aromatic heterocycles. The number of aromatic nitrogens is 1. The first-order valence-electron chi connectivity index (χ1n) is 9.12. The Hall–Kier alpha value is -1.39. The molecule has 27 heavy (non-hydrogen) atoms. The Morgan fingerprint density at radius 1 is 1.04 bits per heavy atom. The summed E-state index contributed by atoms with van der Waals surface area (Å²) in [4.78, 5) is 3.62. The largest absolute Gasteiger partial charge is 0.492 e. The lowest BCUT2D eigenvalue weighted by Gasteiger charge is -2.10. The molecule has 0 bridgehead atoms. The number of H-pyrrole nitrogens is 1. The van der Waals surface area contributed by atoms with Crippen LogP contribution in [0.5, 0.6) is 5.75 Å². The van der Waals surface area contributed by atoms with Crippen molar-refractivity contribution in [2.45, 2.75) is 25.7 Å². The Balaban J connectivity index is 0.00000210. The van der Waals surface area contributed by atoms with Crippen molar-refractivity contribution in [3.05, 3.63) is 63.3 Å². The molecule has 0 atom stereocenters. The monoisotopic (exact) mass is 424 g/mol. The van der Waals surface area contributed by atoms with Crippen LogP contribution in [0.1, 0.15) is 23.2 Å². The highest BCUT2D eigenvalue weighted by molar-refractivity contribution is 6.34. The van der Waals surface area contributed by atoms with Crippen molar-refractivity contribution in [3.8, 4) is 5.75 Å². The van der Waals surface area contributed by atoms with Crippen molar-refractivity contribution in [2.75, 3.05) is 19.7 Å². The van der Waals surface area contributed by atoms with Crippen LogP contribution in [-0.4, -0.2) is 24.7 Å². The summed E-state index contributed by atoms with van der Waals surface area (Å²) in [7, 11) is 0. The van der Waals surface area contributed by atoms with E-state index in [2.05, 4.69) is 28.5 Å². The first kappa shape index (κ1) is 20.3. The molecule has 0 saturated heterocycles. The van der Waals surface area contributed by atoms with Gasteiger partial charge in [-0.25, -0.2) is 0 Å². The number of hydrogen-bond donors (Lipinski definition) is 2. The minimum Gasteiger partial charge on any atom is -0.492 e. The van der Waals surface area contributed by atoms with Gasteiger partial charge in [0, 0.05) is 40.7 Å². The van der Waals surface area contributed by atoms with Crippen LogP contribution in [0, 0.1) is 0 Å². The lowest BCUT2D eigenvalue weighted by Crippen LogP contribution is -2.16. The molecule has 1 aliphatic rings. The molecule has 3 nitrogen and oxygen atoms in total. The molecule has 4 rings (SSSR count). The van der Waals surface area contributed by atoms with Crippen molar-refractivity contribution < 1.29 is 4.74 Å². The zero-order valence-electron chi connectivity index (χ0n) is 15.0. The highest BCUT2D eigenvalue weighted by atomic mass is 35.5. The Kier molecular flexibility index (Phi) is 6.93. The Bertz CT molecular complexity index is 923. The van der Waals surface area contributed by atoms with Crippen LogP contribution in [0.4, 0.5) is 0 Å². The summed E-state index contributed by atoms with van der Waals surface area (Å²) in [5.74, 6) is 0.652. The predicted octanol–water partition coefficient (Wildman–Crippen LogP) is 5.60. The van der Waals surface area contributed by atoms with Crippen LogP contribution in [0.15, 0.2) is 36.4 Å². The second-order valence-corrected chi connectivity index (χ2v) is 7.54. The van der Waals surface area contributed by atoms with Gasteiger partial charge in [0.25, 0.3) is 0 Å². The summed E-state index contributed by atoms with van der Waals surface area (Å²) < 4.78 is 5.83. The maximum atomic E-state index is 6.16. The molecule has 2 aromatic carbocycles. The lowest BCUT2D eigenvalue weighted by molar-refractivity contribution is 0.311. The van der Waals surface area contributed by atoms with Crippen molar-refractivity contribution >= 4 is 46.5 Å². The Morgan fingerprint density at radius 2 is 1.89 bits per heavy atom. The van der Waals surface area contributed by atoms with E-state index in [9.17, 15) is 0 Å². The van der Waals surface area contributed by atoms with E-state index in [1.54, 1.807) is 18.2 Å². The number of aromatic amines is 1. The van der Waals surface area contributed by atoms with Gasteiger partial charge in [-0.3, -0.25) is 0 Å². The standard InChI is InChI=1S/C21H22Cl2N2O.ClH/c22-15-6-7-17(23)20(13-15)26-12-2-4-14-3-1-5-19-21(14)16-8-10-24-11-9-18(16)25-19;/h1,3,5-7,13,24-25H,2,4,8-12H2;1H. The average molecular weight is 426 g/mol. The van der Waals surface area contributed by atoms with Crippen molar-refractivity contribution in [1.82, 2.24) is 10.3 Å². The second kappa shape index (κ2) is 9.20. The molecule has 0 spiro atoms. The van der Waals surface area contributed by atoms with Gasteiger partial charge in [0.15, 0.2) is 0 Å². The van der Waals surface area contributed by atoms with Gasteiger partial charge < -0.3 is 15.0 Å². The maximum Gasteiger partial charge on any atom is 0.139 e. The summed E-state index contributed by atoms with van der Waals surface area (Å²) in [5, 5.41) is 6.12. The van der Waals surface area contributed by atoms with Gasteiger partial charge in [0.05, 0.1) is 11.6 Å². The molecule has 6 heteroatoms. The van der Waals surface area contributed by atoms with E-state index in [1.807, 2.05) is 0 Å². The highest BCUT2D eigenvalue weighted by Crippen LogP contribution is 2.30. The molecule has 2 heterocycles. The molecule has 0 radical (unpaired) electrons. The minimum atomic E-state index is 0. The van der Waals surface area contributed by atoms with E-state index in [4.69, 9.17) is 27.9 Å². The molecule has 144 valence electrons. The van der Waals surface area contributed by atoms with Gasteiger partial charge in [0.2, 0.25) is 0 Å². The third kappa shape index (κ3) is 4.55. The van der Waals surface area contributed by atoms with Gasteiger partial charge in [-0.1, -0.05) is 35.3 Å². The van der Waals surface area contributed by atoms with Crippen LogP contribution in [0.25, 0.3) is 10.9 Å². The first-order valence-corrected chi connectivity index (χ1v) is 9.88. The average Bonchev–Trinajstić information content (AvgIpc) is 2.84. The van der Waals surface area contributed by atoms with E-state index < -0.39 is 0 Å². The zero-order chi connectivity index (χ0) is 17.9. The van der Waals surface area contributed by atoms with Crippen LogP contribution in [0.2, 0.25) is 10.0 Å². The molecule has 0 saturated carbocycles. The third-order valence-electron chi connectivity index (χ3n) is 4.95. The van der Waals surface area contributed by atoms with E-state index in [0.717, 1.165) is 38.8 Å². The number of halogens is 3. The molecule has 1 aliphatic heterocycles. The third-order valence-corrected chi connectivity index (χ3v) is 5.49. The summed E-state index contributed by atoms with van der Waals surface area (Å²) in [6, 6.07) is 11.9. The minimum absolute atomic E-state index is 0. The van der Waals surface area contributed by atoms with Crippen molar-refractivity contribution in [1.29, 1.82) is 0 Å². The van der Waals surface area contributed by atoms with E-state index in [-0.39, 0.29) is 12.4 Å². The van der Waals surface area contributed by atoms with Crippen LogP contribution in [-0.2, 0) is 19.3 Å². The van der Waals surface area contributed by atoms with E-state index in [1.165, 1.54) is 27.7 Å². The molecule has 0 fully saturated rings. The molecule has 0 amide bonds. The lowest BCUT2D eigenvalue weighted by atomic mass is 9.99. The summed E-state index contributed by atoms with van der Waals surface area (Å²) >= 11 is 12.2. The highest BCUT2D eigenvalue weighted by Gasteiger charge is 2.16. The summed E-state index contributed by atoms with van der Waals surface area (Å²) in [5.41, 5.74) is 5.52. The number of rotatable bonds is 5. The number of aryl methyl sites for hydroxylation is 1. The fourth-order valence-corrected chi connectivity index (χ4v) is 4.07. The number of hydrogen-bond acceptors (Lipinski definition) is 2. The molecule has 3 aromatic rings. The number of benzene rings is 2.